The Morgan fingerprint density at radius 2 is 2.25 bits per heavy atom. The maximum absolute atomic E-state index is 5.85. The molecule has 3 rings (SSSR count). The van der Waals surface area contributed by atoms with Crippen LogP contribution in [0.3, 0.4) is 0 Å². The van der Waals surface area contributed by atoms with E-state index in [1.54, 1.807) is 0 Å². The number of hydrogen-bond donors (Lipinski definition) is 2. The Hall–Kier alpha value is -1.63. The zero-order chi connectivity index (χ0) is 19.8. The van der Waals surface area contributed by atoms with Crippen LogP contribution in [0.1, 0.15) is 36.2 Å². The lowest BCUT2D eigenvalue weighted by atomic mass is 9.88. The number of aromatic nitrogens is 1. The Morgan fingerprint density at radius 1 is 1.36 bits per heavy atom. The third-order valence-electron chi connectivity index (χ3n) is 5.16. The van der Waals surface area contributed by atoms with E-state index in [0.29, 0.717) is 17.1 Å². The number of nitrogens with one attached hydrogen (secondary N) is 2. The molecule has 0 amide bonds. The molecule has 2 N–H and O–H groups in total. The Bertz CT molecular complexity index is 732. The van der Waals surface area contributed by atoms with Gasteiger partial charge in [-0.3, -0.25) is 9.89 Å². The third-order valence-corrected chi connectivity index (χ3v) is 6.33. The molecule has 152 valence electrons. The van der Waals surface area contributed by atoms with Crippen molar-refractivity contribution in [1.82, 2.24) is 20.5 Å². The molecule has 2 aromatic rings. The molecule has 0 saturated carbocycles. The summed E-state index contributed by atoms with van der Waals surface area (Å²) in [4.78, 5) is 13.0. The zero-order valence-electron chi connectivity index (χ0n) is 16.7. The number of thiophene rings is 1. The van der Waals surface area contributed by atoms with Gasteiger partial charge in [-0.15, -0.1) is 11.3 Å². The minimum atomic E-state index is 0.473. The number of nitrogens with zero attached hydrogens (tertiary/aromatic N) is 3. The highest BCUT2D eigenvalue weighted by molar-refractivity contribution is 7.10. The van der Waals surface area contributed by atoms with Crippen molar-refractivity contribution in [2.24, 2.45) is 10.9 Å². The van der Waals surface area contributed by atoms with Crippen LogP contribution < -0.4 is 10.6 Å². The first kappa shape index (κ1) is 21.1. The highest BCUT2D eigenvalue weighted by Gasteiger charge is 2.31. The zero-order valence-corrected chi connectivity index (χ0v) is 18.3. The number of halogens is 1. The molecule has 2 atom stereocenters. The lowest BCUT2D eigenvalue weighted by Crippen LogP contribution is -2.40. The molecule has 2 aromatic heterocycles. The van der Waals surface area contributed by atoms with Gasteiger partial charge in [-0.05, 0) is 68.8 Å². The average Bonchev–Trinajstić information content (AvgIpc) is 3.22. The van der Waals surface area contributed by atoms with Crippen molar-refractivity contribution < 1.29 is 0 Å². The minimum Gasteiger partial charge on any atom is -0.357 e. The lowest BCUT2D eigenvalue weighted by Gasteiger charge is -2.38. The van der Waals surface area contributed by atoms with Crippen LogP contribution in [-0.2, 0) is 6.42 Å². The largest absolute Gasteiger partial charge is 0.357 e. The molecule has 0 spiro atoms. The molecule has 3 heterocycles. The fourth-order valence-corrected chi connectivity index (χ4v) is 4.88. The summed E-state index contributed by atoms with van der Waals surface area (Å²) in [7, 11) is 2.24. The second-order valence-corrected chi connectivity index (χ2v) is 8.60. The van der Waals surface area contributed by atoms with Crippen LogP contribution in [0.15, 0.2) is 40.8 Å². The summed E-state index contributed by atoms with van der Waals surface area (Å²) >= 11 is 7.71. The molecule has 1 aliphatic rings. The van der Waals surface area contributed by atoms with Gasteiger partial charge >= 0.3 is 0 Å². The number of guanidine groups is 1. The van der Waals surface area contributed by atoms with E-state index < -0.39 is 0 Å². The molecule has 1 fully saturated rings. The minimum absolute atomic E-state index is 0.473. The van der Waals surface area contributed by atoms with Crippen molar-refractivity contribution in [1.29, 1.82) is 0 Å². The number of aliphatic imine (C=N–C) groups is 1. The van der Waals surface area contributed by atoms with Gasteiger partial charge in [0.25, 0.3) is 0 Å². The van der Waals surface area contributed by atoms with Gasteiger partial charge in [0, 0.05) is 36.8 Å². The summed E-state index contributed by atoms with van der Waals surface area (Å²) in [6.45, 7) is 5.77. The van der Waals surface area contributed by atoms with Gasteiger partial charge < -0.3 is 10.6 Å². The van der Waals surface area contributed by atoms with Crippen LogP contribution in [0, 0.1) is 5.92 Å². The van der Waals surface area contributed by atoms with Crippen LogP contribution in [0.25, 0.3) is 0 Å². The first-order chi connectivity index (χ1) is 13.7. The van der Waals surface area contributed by atoms with Gasteiger partial charge in [0.15, 0.2) is 5.96 Å². The normalized spacial score (nSPS) is 20.9. The van der Waals surface area contributed by atoms with E-state index in [-0.39, 0.29) is 0 Å². The quantitative estimate of drug-likeness (QED) is 0.405. The van der Waals surface area contributed by atoms with E-state index in [1.165, 1.54) is 23.3 Å². The average molecular weight is 420 g/mol. The van der Waals surface area contributed by atoms with Gasteiger partial charge in [0.1, 0.15) is 5.15 Å². The van der Waals surface area contributed by atoms with E-state index >= 15 is 0 Å². The number of piperidine rings is 1. The van der Waals surface area contributed by atoms with E-state index in [0.717, 1.165) is 38.6 Å². The SMILES string of the molecule is CCNC(=NCC1CCCN(C)C1c1cccs1)NCCc1ccc(Cl)nc1. The van der Waals surface area contributed by atoms with Crippen LogP contribution in [0.2, 0.25) is 5.15 Å². The fraction of sp³-hybridized carbons (Fsp3) is 0.524. The van der Waals surface area contributed by atoms with Crippen molar-refractivity contribution in [2.75, 3.05) is 33.2 Å². The van der Waals surface area contributed by atoms with Crippen LogP contribution in [0.4, 0.5) is 0 Å². The van der Waals surface area contributed by atoms with Gasteiger partial charge in [-0.2, -0.15) is 0 Å². The van der Waals surface area contributed by atoms with Crippen molar-refractivity contribution in [3.05, 3.63) is 51.4 Å². The molecule has 28 heavy (non-hydrogen) atoms. The summed E-state index contributed by atoms with van der Waals surface area (Å²) < 4.78 is 0. The van der Waals surface area contributed by atoms with Gasteiger partial charge in [-0.25, -0.2) is 4.98 Å². The molecule has 5 nitrogen and oxygen atoms in total. The smallest absolute Gasteiger partial charge is 0.191 e. The predicted molar refractivity (Wildman–Crippen MR) is 119 cm³/mol. The number of rotatable bonds is 7. The summed E-state index contributed by atoms with van der Waals surface area (Å²) in [6.07, 6.45) is 5.19. The monoisotopic (exact) mass is 419 g/mol. The first-order valence-corrected chi connectivity index (χ1v) is 11.3. The van der Waals surface area contributed by atoms with Crippen molar-refractivity contribution >= 4 is 28.9 Å². The molecule has 2 unspecified atom stereocenters. The number of likely N-dealkylation sites (tertiary alicyclic amines) is 1. The highest BCUT2D eigenvalue weighted by Crippen LogP contribution is 2.37. The molecule has 0 bridgehead atoms. The van der Waals surface area contributed by atoms with Crippen LogP contribution in [-0.4, -0.2) is 49.1 Å². The van der Waals surface area contributed by atoms with Crippen molar-refractivity contribution in [3.63, 3.8) is 0 Å². The van der Waals surface area contributed by atoms with Crippen molar-refractivity contribution in [3.8, 4) is 0 Å². The summed E-state index contributed by atoms with van der Waals surface area (Å²) in [5, 5.41) is 9.53. The maximum atomic E-state index is 5.85. The number of pyridine rings is 1. The summed E-state index contributed by atoms with van der Waals surface area (Å²) in [6, 6.07) is 8.74. The number of hydrogen-bond acceptors (Lipinski definition) is 4. The molecule has 1 aliphatic heterocycles. The predicted octanol–water partition coefficient (Wildman–Crippen LogP) is 3.98. The van der Waals surface area contributed by atoms with Gasteiger partial charge in [0.2, 0.25) is 0 Å². The Morgan fingerprint density at radius 3 is 2.96 bits per heavy atom. The molecule has 0 radical (unpaired) electrons. The highest BCUT2D eigenvalue weighted by atomic mass is 35.5. The molecule has 0 aromatic carbocycles. The molecule has 7 heteroatoms. The molecule has 1 saturated heterocycles. The molecular weight excluding hydrogens is 390 g/mol. The standard InChI is InChI=1S/C21H30ClN5S/c1-3-23-21(24-11-10-16-8-9-19(22)25-14-16)26-15-17-6-4-12-27(2)20(17)18-7-5-13-28-18/h5,7-9,13-14,17,20H,3-4,6,10-12,15H2,1-2H3,(H2,23,24,26). The Labute approximate surface area is 177 Å². The summed E-state index contributed by atoms with van der Waals surface area (Å²) in [5.74, 6) is 1.44. The van der Waals surface area contributed by atoms with Gasteiger partial charge in [0.05, 0.1) is 0 Å². The second-order valence-electron chi connectivity index (χ2n) is 7.23. The van der Waals surface area contributed by atoms with E-state index in [2.05, 4.69) is 52.0 Å². The Balaban J connectivity index is 1.58. The summed E-state index contributed by atoms with van der Waals surface area (Å²) in [5.41, 5.74) is 1.17. The van der Waals surface area contributed by atoms with Crippen molar-refractivity contribution in [2.45, 2.75) is 32.2 Å². The third kappa shape index (κ3) is 5.93. The lowest BCUT2D eigenvalue weighted by molar-refractivity contribution is 0.128. The Kier molecular flexibility index (Phi) is 8.13. The fourth-order valence-electron chi connectivity index (χ4n) is 3.79. The molecule has 0 aliphatic carbocycles. The topological polar surface area (TPSA) is 52.6 Å². The van der Waals surface area contributed by atoms with E-state index in [1.807, 2.05) is 29.7 Å². The molecular formula is C21H30ClN5S. The first-order valence-electron chi connectivity index (χ1n) is 10.0. The maximum Gasteiger partial charge on any atom is 0.191 e. The van der Waals surface area contributed by atoms with Gasteiger partial charge in [-0.1, -0.05) is 23.7 Å². The van der Waals surface area contributed by atoms with E-state index in [4.69, 9.17) is 16.6 Å². The van der Waals surface area contributed by atoms with E-state index in [9.17, 15) is 0 Å². The van der Waals surface area contributed by atoms with Crippen LogP contribution in [0.5, 0.6) is 0 Å². The second kappa shape index (κ2) is 10.8. The van der Waals surface area contributed by atoms with Crippen LogP contribution >= 0.6 is 22.9 Å².